The van der Waals surface area contributed by atoms with Crippen LogP contribution in [0.4, 0.5) is 0 Å². The normalized spacial score (nSPS) is 24.5. The Balaban J connectivity index is 1.62. The lowest BCUT2D eigenvalue weighted by Crippen LogP contribution is -2.41. The number of hydrogen-bond acceptors (Lipinski definition) is 3. The van der Waals surface area contributed by atoms with Gasteiger partial charge in [-0.3, -0.25) is 9.59 Å². The van der Waals surface area contributed by atoms with Crippen LogP contribution in [0.25, 0.3) is 10.9 Å². The van der Waals surface area contributed by atoms with E-state index in [4.69, 9.17) is 5.73 Å². The molecule has 4 N–H and O–H groups in total. The second-order valence-corrected chi connectivity index (χ2v) is 8.28. The van der Waals surface area contributed by atoms with Gasteiger partial charge in [-0.25, -0.2) is 0 Å². The lowest BCUT2D eigenvalue weighted by atomic mass is 9.81. The number of carbonyl (C=O) groups excluding carboxylic acids is 1. The van der Waals surface area contributed by atoms with Crippen LogP contribution in [0.3, 0.4) is 0 Å². The SMILES string of the molecule is CC(C)(C)C1=C(N)C2CC2(NC(=O)c2c[nH]c3ccccc3c2=O)C=C1. The molecule has 1 fully saturated rings. The Morgan fingerprint density at radius 3 is 2.77 bits per heavy atom. The average Bonchev–Trinajstić information content (AvgIpc) is 3.29. The zero-order valence-corrected chi connectivity index (χ0v) is 15.2. The van der Waals surface area contributed by atoms with E-state index in [2.05, 4.69) is 31.1 Å². The number of hydrogen-bond donors (Lipinski definition) is 3. The molecule has 26 heavy (non-hydrogen) atoms. The van der Waals surface area contributed by atoms with E-state index in [0.717, 1.165) is 23.2 Å². The third-order valence-electron chi connectivity index (χ3n) is 5.42. The van der Waals surface area contributed by atoms with Gasteiger partial charge in [0.2, 0.25) is 5.43 Å². The summed E-state index contributed by atoms with van der Waals surface area (Å²) < 4.78 is 0. The molecule has 2 aromatic rings. The average molecular weight is 349 g/mol. The minimum Gasteiger partial charge on any atom is -0.401 e. The number of nitrogens with two attached hydrogens (primary N) is 1. The smallest absolute Gasteiger partial charge is 0.257 e. The molecule has 1 aromatic carbocycles. The van der Waals surface area contributed by atoms with Crippen molar-refractivity contribution in [3.63, 3.8) is 0 Å². The Labute approximate surface area is 152 Å². The van der Waals surface area contributed by atoms with Crippen molar-refractivity contribution in [3.05, 3.63) is 69.7 Å². The molecular weight excluding hydrogens is 326 g/mol. The Bertz CT molecular complexity index is 1040. The molecule has 5 heteroatoms. The van der Waals surface area contributed by atoms with E-state index in [9.17, 15) is 9.59 Å². The third-order valence-corrected chi connectivity index (χ3v) is 5.42. The van der Waals surface area contributed by atoms with Crippen LogP contribution in [-0.2, 0) is 0 Å². The van der Waals surface area contributed by atoms with E-state index in [1.807, 2.05) is 24.3 Å². The van der Waals surface area contributed by atoms with Gasteiger partial charge in [0.25, 0.3) is 5.91 Å². The van der Waals surface area contributed by atoms with Gasteiger partial charge in [0, 0.05) is 28.7 Å². The molecule has 1 saturated carbocycles. The standard InChI is InChI=1S/C21H23N3O2/c1-20(2,3)14-8-9-21(10-15(21)17(14)22)24-19(26)13-11-23-16-7-5-4-6-12(16)18(13)25/h4-9,11,15H,10,22H2,1-3H3,(H,23,25)(H,24,26). The highest BCUT2D eigenvalue weighted by molar-refractivity contribution is 5.98. The van der Waals surface area contributed by atoms with Gasteiger partial charge in [0.15, 0.2) is 0 Å². The predicted octanol–water partition coefficient (Wildman–Crippen LogP) is 2.85. The molecule has 4 rings (SSSR count). The van der Waals surface area contributed by atoms with E-state index in [0.29, 0.717) is 5.39 Å². The van der Waals surface area contributed by atoms with Crippen molar-refractivity contribution in [1.29, 1.82) is 0 Å². The van der Waals surface area contributed by atoms with Crippen LogP contribution in [-0.4, -0.2) is 16.4 Å². The highest BCUT2D eigenvalue weighted by Crippen LogP contribution is 2.53. The molecule has 2 unspecified atom stereocenters. The molecule has 0 radical (unpaired) electrons. The molecule has 2 aliphatic carbocycles. The van der Waals surface area contributed by atoms with Crippen molar-refractivity contribution in [2.24, 2.45) is 17.1 Å². The largest absolute Gasteiger partial charge is 0.401 e. The summed E-state index contributed by atoms with van der Waals surface area (Å²) in [6, 6.07) is 7.18. The van der Waals surface area contributed by atoms with Crippen molar-refractivity contribution in [1.82, 2.24) is 10.3 Å². The van der Waals surface area contributed by atoms with E-state index in [1.54, 1.807) is 12.1 Å². The van der Waals surface area contributed by atoms with E-state index < -0.39 is 5.54 Å². The van der Waals surface area contributed by atoms with Crippen molar-refractivity contribution in [2.45, 2.75) is 32.7 Å². The van der Waals surface area contributed by atoms with Crippen LogP contribution in [0.2, 0.25) is 0 Å². The van der Waals surface area contributed by atoms with Crippen molar-refractivity contribution >= 4 is 16.8 Å². The number of aromatic amines is 1. The highest BCUT2D eigenvalue weighted by atomic mass is 16.2. The molecule has 0 saturated heterocycles. The topological polar surface area (TPSA) is 88.0 Å². The molecular formula is C21H23N3O2. The molecule has 1 aromatic heterocycles. The fraction of sp³-hybridized carbons (Fsp3) is 0.333. The second-order valence-electron chi connectivity index (χ2n) is 8.28. The minimum atomic E-state index is -0.464. The van der Waals surface area contributed by atoms with Crippen LogP contribution in [0.5, 0.6) is 0 Å². The molecule has 1 heterocycles. The number of rotatable bonds is 2. The first-order chi connectivity index (χ1) is 12.2. The quantitative estimate of drug-likeness (QED) is 0.779. The Hall–Kier alpha value is -2.82. The number of pyridine rings is 1. The van der Waals surface area contributed by atoms with Gasteiger partial charge in [-0.1, -0.05) is 45.1 Å². The lowest BCUT2D eigenvalue weighted by molar-refractivity contribution is 0.0937. The summed E-state index contributed by atoms with van der Waals surface area (Å²) in [5.41, 5.74) is 8.41. The van der Waals surface area contributed by atoms with E-state index in [-0.39, 0.29) is 28.2 Å². The monoisotopic (exact) mass is 349 g/mol. The fourth-order valence-corrected chi connectivity index (χ4v) is 3.84. The number of H-pyrrole nitrogens is 1. The van der Waals surface area contributed by atoms with Crippen LogP contribution >= 0.6 is 0 Å². The van der Waals surface area contributed by atoms with Crippen LogP contribution in [0, 0.1) is 11.3 Å². The van der Waals surface area contributed by atoms with Gasteiger partial charge in [-0.2, -0.15) is 0 Å². The van der Waals surface area contributed by atoms with Crippen molar-refractivity contribution in [3.8, 4) is 0 Å². The number of amides is 1. The molecule has 2 aliphatic rings. The molecule has 5 nitrogen and oxygen atoms in total. The summed E-state index contributed by atoms with van der Waals surface area (Å²) in [5, 5.41) is 3.55. The highest BCUT2D eigenvalue weighted by Gasteiger charge is 2.57. The first kappa shape index (κ1) is 16.6. The number of para-hydroxylation sites is 1. The molecule has 0 aliphatic heterocycles. The number of carbonyl (C=O) groups is 1. The molecule has 0 spiro atoms. The number of fused-ring (bicyclic) bond motifs is 2. The second kappa shape index (κ2) is 5.34. The summed E-state index contributed by atoms with van der Waals surface area (Å²) in [5.74, 6) is -0.263. The first-order valence-corrected chi connectivity index (χ1v) is 8.85. The zero-order valence-electron chi connectivity index (χ0n) is 15.2. The van der Waals surface area contributed by atoms with Gasteiger partial charge in [0.1, 0.15) is 5.56 Å². The van der Waals surface area contributed by atoms with Crippen LogP contribution in [0.1, 0.15) is 37.6 Å². The van der Waals surface area contributed by atoms with Crippen LogP contribution < -0.4 is 16.5 Å². The summed E-state index contributed by atoms with van der Waals surface area (Å²) in [6.07, 6.45) is 6.30. The Morgan fingerprint density at radius 1 is 1.31 bits per heavy atom. The van der Waals surface area contributed by atoms with Gasteiger partial charge >= 0.3 is 0 Å². The minimum absolute atomic E-state index is 0.0329. The van der Waals surface area contributed by atoms with Gasteiger partial charge in [-0.15, -0.1) is 0 Å². The maximum absolute atomic E-state index is 12.8. The molecule has 1 amide bonds. The van der Waals surface area contributed by atoms with E-state index in [1.165, 1.54) is 6.20 Å². The summed E-state index contributed by atoms with van der Waals surface area (Å²) in [6.45, 7) is 6.38. The maximum Gasteiger partial charge on any atom is 0.257 e. The number of aromatic nitrogens is 1. The fourth-order valence-electron chi connectivity index (χ4n) is 3.84. The van der Waals surface area contributed by atoms with E-state index >= 15 is 0 Å². The van der Waals surface area contributed by atoms with Crippen molar-refractivity contribution in [2.75, 3.05) is 0 Å². The van der Waals surface area contributed by atoms with Gasteiger partial charge in [0.05, 0.1) is 5.54 Å². The lowest BCUT2D eigenvalue weighted by Gasteiger charge is -2.28. The van der Waals surface area contributed by atoms with Crippen molar-refractivity contribution < 1.29 is 4.79 Å². The third kappa shape index (κ3) is 2.46. The Morgan fingerprint density at radius 2 is 2.04 bits per heavy atom. The van der Waals surface area contributed by atoms with Gasteiger partial charge in [-0.05, 0) is 29.5 Å². The Kier molecular flexibility index (Phi) is 3.41. The number of benzene rings is 1. The van der Waals surface area contributed by atoms with Crippen LogP contribution in [0.15, 0.2) is 58.7 Å². The zero-order chi connectivity index (χ0) is 18.7. The van der Waals surface area contributed by atoms with Gasteiger partial charge < -0.3 is 16.0 Å². The summed E-state index contributed by atoms with van der Waals surface area (Å²) >= 11 is 0. The first-order valence-electron chi connectivity index (χ1n) is 8.85. The molecule has 0 bridgehead atoms. The predicted molar refractivity (Wildman–Crippen MR) is 103 cm³/mol. The summed E-state index contributed by atoms with van der Waals surface area (Å²) in [7, 11) is 0. The summed E-state index contributed by atoms with van der Waals surface area (Å²) in [4.78, 5) is 28.4. The molecule has 2 atom stereocenters. The maximum atomic E-state index is 12.8. The number of allylic oxidation sites excluding steroid dienone is 2. The molecule has 134 valence electrons. The number of nitrogens with one attached hydrogen (secondary N) is 2.